The number of ether oxygens (including phenoxy) is 4. The van der Waals surface area contributed by atoms with Crippen LogP contribution in [0.3, 0.4) is 0 Å². The lowest BCUT2D eigenvalue weighted by Gasteiger charge is -2.37. The number of hydrogen-bond donors (Lipinski definition) is 1. The average Bonchev–Trinajstić information content (AvgIpc) is 2.66. The number of methoxy groups -OCH3 is 1. The van der Waals surface area contributed by atoms with E-state index < -0.39 is 6.10 Å². The van der Waals surface area contributed by atoms with Crippen LogP contribution in [0.15, 0.2) is 0 Å². The summed E-state index contributed by atoms with van der Waals surface area (Å²) in [6, 6.07) is 0. The molecular weight excluding hydrogens is 372 g/mol. The highest BCUT2D eigenvalue weighted by Gasteiger charge is 2.35. The Balaban J connectivity index is 1.71. The molecule has 3 saturated heterocycles. The molecule has 3 aliphatic rings. The third-order valence-corrected chi connectivity index (χ3v) is 6.62. The fraction of sp³-hybridized carbons (Fsp3) is 0.957. The zero-order valence-corrected chi connectivity index (χ0v) is 18.2. The van der Waals surface area contributed by atoms with Crippen molar-refractivity contribution < 1.29 is 28.8 Å². The van der Waals surface area contributed by atoms with Crippen LogP contribution in [0.1, 0.15) is 90.4 Å². The predicted octanol–water partition coefficient (Wildman–Crippen LogP) is 3.91. The van der Waals surface area contributed by atoms with Gasteiger partial charge in [-0.15, -0.1) is 0 Å². The van der Waals surface area contributed by atoms with Crippen molar-refractivity contribution in [1.29, 1.82) is 0 Å². The summed E-state index contributed by atoms with van der Waals surface area (Å²) in [5.74, 6) is -0.211. The van der Waals surface area contributed by atoms with E-state index in [-0.39, 0.29) is 49.0 Å². The molecule has 168 valence electrons. The van der Waals surface area contributed by atoms with Crippen LogP contribution in [-0.4, -0.2) is 60.9 Å². The van der Waals surface area contributed by atoms with Crippen LogP contribution >= 0.6 is 0 Å². The van der Waals surface area contributed by atoms with E-state index in [2.05, 4.69) is 6.92 Å². The van der Waals surface area contributed by atoms with Crippen molar-refractivity contribution in [1.82, 2.24) is 0 Å². The van der Waals surface area contributed by atoms with Gasteiger partial charge in [0.05, 0.1) is 43.0 Å². The maximum atomic E-state index is 12.6. The number of carbonyl (C=O) groups excluding carboxylic acids is 1. The lowest BCUT2D eigenvalue weighted by atomic mass is 9.91. The molecular formula is C23H40O6. The molecule has 0 spiro atoms. The van der Waals surface area contributed by atoms with Gasteiger partial charge in [0.25, 0.3) is 0 Å². The number of aliphatic hydroxyl groups excluding tert-OH is 1. The highest BCUT2D eigenvalue weighted by Crippen LogP contribution is 2.31. The van der Waals surface area contributed by atoms with E-state index in [1.807, 2.05) is 0 Å². The Morgan fingerprint density at radius 1 is 0.966 bits per heavy atom. The van der Waals surface area contributed by atoms with Gasteiger partial charge in [-0.1, -0.05) is 19.8 Å². The molecule has 29 heavy (non-hydrogen) atoms. The number of carbonyl (C=O) groups is 1. The molecule has 0 unspecified atom stereocenters. The Kier molecular flexibility index (Phi) is 9.22. The maximum Gasteiger partial charge on any atom is 0.308 e. The zero-order chi connectivity index (χ0) is 20.6. The molecule has 0 aliphatic carbocycles. The number of hydrogen-bond acceptors (Lipinski definition) is 6. The number of rotatable bonds is 5. The molecule has 6 heteroatoms. The smallest absolute Gasteiger partial charge is 0.308 e. The summed E-state index contributed by atoms with van der Waals surface area (Å²) in [5, 5.41) is 10.3. The van der Waals surface area contributed by atoms with Crippen molar-refractivity contribution in [2.75, 3.05) is 7.11 Å². The van der Waals surface area contributed by atoms with Gasteiger partial charge < -0.3 is 24.1 Å². The number of fused-ring (bicyclic) bond motifs is 4. The molecule has 0 aromatic carbocycles. The van der Waals surface area contributed by atoms with Crippen LogP contribution < -0.4 is 0 Å². The first-order valence-electron chi connectivity index (χ1n) is 11.8. The molecule has 3 heterocycles. The SMILES string of the molecule is CCCCC[C@H]1C[C@@H]2CCC[C@@H](C[C@@H](OC)C[C@@H]3C[C@H](O)C[C@H](CC(=O)O1)O3)O2. The summed E-state index contributed by atoms with van der Waals surface area (Å²) < 4.78 is 24.2. The van der Waals surface area contributed by atoms with E-state index in [0.29, 0.717) is 12.8 Å². The lowest BCUT2D eigenvalue weighted by molar-refractivity contribution is -0.166. The van der Waals surface area contributed by atoms with Crippen LogP contribution in [-0.2, 0) is 23.7 Å². The molecule has 3 rings (SSSR count). The third-order valence-electron chi connectivity index (χ3n) is 6.62. The molecule has 4 bridgehead atoms. The summed E-state index contributed by atoms with van der Waals surface area (Å²) in [4.78, 5) is 12.6. The molecule has 0 amide bonds. The fourth-order valence-electron chi connectivity index (χ4n) is 5.13. The largest absolute Gasteiger partial charge is 0.462 e. The first-order valence-corrected chi connectivity index (χ1v) is 11.8. The molecule has 1 N–H and O–H groups in total. The first kappa shape index (κ1) is 23.0. The minimum absolute atomic E-state index is 0.0462. The Bertz CT molecular complexity index is 498. The second-order valence-corrected chi connectivity index (χ2v) is 9.19. The Morgan fingerprint density at radius 3 is 2.41 bits per heavy atom. The number of unbranched alkanes of at least 4 members (excludes halogenated alkanes) is 2. The molecule has 0 aromatic heterocycles. The lowest BCUT2D eigenvalue weighted by Crippen LogP contribution is -2.41. The van der Waals surface area contributed by atoms with E-state index in [1.54, 1.807) is 7.11 Å². The van der Waals surface area contributed by atoms with Gasteiger partial charge in [-0.05, 0) is 51.4 Å². The highest BCUT2D eigenvalue weighted by atomic mass is 16.6. The minimum atomic E-state index is -0.437. The van der Waals surface area contributed by atoms with Crippen molar-refractivity contribution in [3.05, 3.63) is 0 Å². The number of aliphatic hydroxyl groups is 1. The quantitative estimate of drug-likeness (QED) is 0.545. The molecule has 7 atom stereocenters. The van der Waals surface area contributed by atoms with Gasteiger partial charge in [0.2, 0.25) is 0 Å². The van der Waals surface area contributed by atoms with Crippen molar-refractivity contribution in [3.8, 4) is 0 Å². The van der Waals surface area contributed by atoms with Gasteiger partial charge in [-0.25, -0.2) is 0 Å². The van der Waals surface area contributed by atoms with Crippen LogP contribution in [0.4, 0.5) is 0 Å². The fourth-order valence-corrected chi connectivity index (χ4v) is 5.13. The van der Waals surface area contributed by atoms with Crippen LogP contribution in [0.25, 0.3) is 0 Å². The van der Waals surface area contributed by atoms with E-state index in [1.165, 1.54) is 0 Å². The Morgan fingerprint density at radius 2 is 1.66 bits per heavy atom. The Labute approximate surface area is 175 Å². The molecule has 3 aliphatic heterocycles. The van der Waals surface area contributed by atoms with Gasteiger partial charge in [0.15, 0.2) is 0 Å². The molecule has 0 saturated carbocycles. The highest BCUT2D eigenvalue weighted by molar-refractivity contribution is 5.70. The van der Waals surface area contributed by atoms with Crippen molar-refractivity contribution in [2.24, 2.45) is 0 Å². The van der Waals surface area contributed by atoms with Gasteiger partial charge in [0.1, 0.15) is 6.10 Å². The van der Waals surface area contributed by atoms with E-state index >= 15 is 0 Å². The van der Waals surface area contributed by atoms with E-state index in [9.17, 15) is 9.90 Å². The third kappa shape index (κ3) is 7.50. The summed E-state index contributed by atoms with van der Waals surface area (Å²) in [6.45, 7) is 2.18. The normalized spacial score (nSPS) is 39.4. The van der Waals surface area contributed by atoms with Crippen LogP contribution in [0.2, 0.25) is 0 Å². The van der Waals surface area contributed by atoms with Gasteiger partial charge in [0, 0.05) is 20.0 Å². The van der Waals surface area contributed by atoms with Crippen LogP contribution in [0, 0.1) is 0 Å². The summed E-state index contributed by atoms with van der Waals surface area (Å²) in [5.41, 5.74) is 0. The average molecular weight is 413 g/mol. The van der Waals surface area contributed by atoms with Gasteiger partial charge in [-0.2, -0.15) is 0 Å². The van der Waals surface area contributed by atoms with Crippen LogP contribution in [0.5, 0.6) is 0 Å². The maximum absolute atomic E-state index is 12.6. The minimum Gasteiger partial charge on any atom is -0.462 e. The molecule has 0 aromatic rings. The second kappa shape index (κ2) is 11.6. The molecule has 0 radical (unpaired) electrons. The monoisotopic (exact) mass is 412 g/mol. The van der Waals surface area contributed by atoms with Crippen molar-refractivity contribution in [2.45, 2.75) is 133 Å². The second-order valence-electron chi connectivity index (χ2n) is 9.19. The van der Waals surface area contributed by atoms with Gasteiger partial charge >= 0.3 is 5.97 Å². The molecule has 3 fully saturated rings. The van der Waals surface area contributed by atoms with Crippen molar-refractivity contribution >= 4 is 5.97 Å². The van der Waals surface area contributed by atoms with E-state index in [4.69, 9.17) is 18.9 Å². The van der Waals surface area contributed by atoms with E-state index in [0.717, 1.165) is 64.2 Å². The topological polar surface area (TPSA) is 74.2 Å². The first-order chi connectivity index (χ1) is 14.1. The zero-order valence-electron chi connectivity index (χ0n) is 18.2. The summed E-state index contributed by atoms with van der Waals surface area (Å²) in [6.07, 6.45) is 10.6. The number of cyclic esters (lactones) is 1. The van der Waals surface area contributed by atoms with Crippen molar-refractivity contribution in [3.63, 3.8) is 0 Å². The predicted molar refractivity (Wildman–Crippen MR) is 110 cm³/mol. The Hall–Kier alpha value is -0.690. The summed E-state index contributed by atoms with van der Waals surface area (Å²) >= 11 is 0. The number of esters is 1. The molecule has 6 nitrogen and oxygen atoms in total. The van der Waals surface area contributed by atoms with Gasteiger partial charge in [-0.3, -0.25) is 4.79 Å². The summed E-state index contributed by atoms with van der Waals surface area (Å²) in [7, 11) is 1.74. The standard InChI is InChI=1S/C23H40O6/c1-3-4-5-7-19-12-17-8-6-9-18(27-17)13-20(26-2)14-21-10-16(24)11-22(28-21)15-23(25)29-19/h16-22,24H,3-15H2,1-2H3/t16-,17-,18-,19-,20+,21-,22+/m0/s1.